The summed E-state index contributed by atoms with van der Waals surface area (Å²) >= 11 is 0. The van der Waals surface area contributed by atoms with Crippen molar-refractivity contribution in [2.45, 2.75) is 13.0 Å². The van der Waals surface area contributed by atoms with E-state index in [1.165, 1.54) is 25.1 Å². The first-order chi connectivity index (χ1) is 6.95. The summed E-state index contributed by atoms with van der Waals surface area (Å²) in [6.45, 7) is 4.39. The Kier molecular flexibility index (Phi) is 3.49. The molecule has 1 saturated heterocycles. The van der Waals surface area contributed by atoms with Crippen LogP contribution in [0, 0.1) is 5.92 Å². The lowest BCUT2D eigenvalue weighted by Gasteiger charge is -2.09. The Morgan fingerprint density at radius 3 is 3.29 bits per heavy atom. The zero-order chi connectivity index (χ0) is 9.64. The predicted octanol–water partition coefficient (Wildman–Crippen LogP) is 0.781. The average molecular weight is 191 g/mol. The molecule has 3 heteroatoms. The van der Waals surface area contributed by atoms with Gasteiger partial charge in [-0.25, -0.2) is 0 Å². The van der Waals surface area contributed by atoms with Crippen LogP contribution in [0.2, 0.25) is 0 Å². The van der Waals surface area contributed by atoms with Crippen molar-refractivity contribution in [1.82, 2.24) is 15.6 Å². The van der Waals surface area contributed by atoms with Crippen LogP contribution in [0.1, 0.15) is 12.0 Å². The second kappa shape index (κ2) is 5.08. The molecule has 0 aliphatic carbocycles. The van der Waals surface area contributed by atoms with Gasteiger partial charge in [-0.2, -0.15) is 0 Å². The van der Waals surface area contributed by atoms with Crippen LogP contribution in [0.3, 0.4) is 0 Å². The van der Waals surface area contributed by atoms with Gasteiger partial charge in [0.15, 0.2) is 0 Å². The van der Waals surface area contributed by atoms with Gasteiger partial charge in [0, 0.05) is 18.9 Å². The van der Waals surface area contributed by atoms with Crippen LogP contribution in [-0.4, -0.2) is 24.6 Å². The fourth-order valence-electron chi connectivity index (χ4n) is 1.81. The van der Waals surface area contributed by atoms with Gasteiger partial charge in [0.1, 0.15) is 0 Å². The zero-order valence-corrected chi connectivity index (χ0v) is 8.37. The van der Waals surface area contributed by atoms with Crippen LogP contribution in [0.15, 0.2) is 24.5 Å². The lowest BCUT2D eigenvalue weighted by Crippen LogP contribution is -2.24. The van der Waals surface area contributed by atoms with Crippen LogP contribution in [-0.2, 0) is 6.54 Å². The summed E-state index contributed by atoms with van der Waals surface area (Å²) in [7, 11) is 0. The van der Waals surface area contributed by atoms with Gasteiger partial charge in [-0.05, 0) is 43.6 Å². The number of hydrogen-bond donors (Lipinski definition) is 2. The van der Waals surface area contributed by atoms with Gasteiger partial charge < -0.3 is 10.6 Å². The minimum Gasteiger partial charge on any atom is -0.316 e. The summed E-state index contributed by atoms with van der Waals surface area (Å²) in [5.74, 6) is 0.812. The van der Waals surface area contributed by atoms with Crippen LogP contribution >= 0.6 is 0 Å². The third kappa shape index (κ3) is 2.79. The molecule has 0 aromatic carbocycles. The number of aromatic nitrogens is 1. The molecule has 2 heterocycles. The number of nitrogens with zero attached hydrogens (tertiary/aromatic N) is 1. The fraction of sp³-hybridized carbons (Fsp3) is 0.545. The Bertz CT molecular complexity index is 254. The van der Waals surface area contributed by atoms with Crippen LogP contribution in [0.4, 0.5) is 0 Å². The van der Waals surface area contributed by atoms with Gasteiger partial charge in [0.2, 0.25) is 0 Å². The van der Waals surface area contributed by atoms with Crippen molar-refractivity contribution in [3.63, 3.8) is 0 Å². The van der Waals surface area contributed by atoms with E-state index in [2.05, 4.69) is 21.7 Å². The molecule has 2 rings (SSSR count). The molecular weight excluding hydrogens is 174 g/mol. The van der Waals surface area contributed by atoms with Crippen LogP contribution in [0.25, 0.3) is 0 Å². The lowest BCUT2D eigenvalue weighted by atomic mass is 10.1. The number of nitrogens with one attached hydrogen (secondary N) is 2. The maximum atomic E-state index is 4.08. The molecule has 0 spiro atoms. The smallest absolute Gasteiger partial charge is 0.0312 e. The first kappa shape index (κ1) is 9.62. The second-order valence-corrected chi connectivity index (χ2v) is 3.85. The van der Waals surface area contributed by atoms with Crippen molar-refractivity contribution in [3.05, 3.63) is 30.1 Å². The molecule has 1 aromatic heterocycles. The molecular formula is C11H17N3. The highest BCUT2D eigenvalue weighted by Gasteiger charge is 2.12. The molecule has 2 N–H and O–H groups in total. The molecule has 0 bridgehead atoms. The maximum absolute atomic E-state index is 4.08. The molecule has 3 nitrogen and oxygen atoms in total. The molecule has 0 amide bonds. The molecule has 1 aromatic rings. The SMILES string of the molecule is c1cncc(CNC[C@@H]2CCNC2)c1. The van der Waals surface area contributed by atoms with E-state index in [9.17, 15) is 0 Å². The fourth-order valence-corrected chi connectivity index (χ4v) is 1.81. The summed E-state index contributed by atoms with van der Waals surface area (Å²) in [5, 5.41) is 6.83. The van der Waals surface area contributed by atoms with E-state index in [1.807, 2.05) is 18.5 Å². The first-order valence-electron chi connectivity index (χ1n) is 5.25. The summed E-state index contributed by atoms with van der Waals surface area (Å²) < 4.78 is 0. The van der Waals surface area contributed by atoms with E-state index >= 15 is 0 Å². The molecule has 0 unspecified atom stereocenters. The Labute approximate surface area is 84.9 Å². The van der Waals surface area contributed by atoms with Crippen molar-refractivity contribution in [1.29, 1.82) is 0 Å². The molecule has 1 atom stereocenters. The summed E-state index contributed by atoms with van der Waals surface area (Å²) in [5.41, 5.74) is 1.26. The molecule has 0 radical (unpaired) electrons. The Morgan fingerprint density at radius 1 is 1.57 bits per heavy atom. The van der Waals surface area contributed by atoms with Gasteiger partial charge in [0.25, 0.3) is 0 Å². The molecule has 1 fully saturated rings. The van der Waals surface area contributed by atoms with Gasteiger partial charge in [-0.1, -0.05) is 6.07 Å². The predicted molar refractivity (Wildman–Crippen MR) is 56.9 cm³/mol. The van der Waals surface area contributed by atoms with E-state index in [-0.39, 0.29) is 0 Å². The Morgan fingerprint density at radius 2 is 2.57 bits per heavy atom. The minimum atomic E-state index is 0.812. The van der Waals surface area contributed by atoms with Crippen LogP contribution < -0.4 is 10.6 Å². The van der Waals surface area contributed by atoms with Gasteiger partial charge in [0.05, 0.1) is 0 Å². The van der Waals surface area contributed by atoms with Crippen molar-refractivity contribution < 1.29 is 0 Å². The quantitative estimate of drug-likeness (QED) is 0.738. The summed E-state index contributed by atoms with van der Waals surface area (Å²) in [4.78, 5) is 4.08. The highest BCUT2D eigenvalue weighted by molar-refractivity contribution is 5.07. The number of pyridine rings is 1. The molecule has 76 valence electrons. The monoisotopic (exact) mass is 191 g/mol. The number of rotatable bonds is 4. The van der Waals surface area contributed by atoms with E-state index in [0.29, 0.717) is 0 Å². The average Bonchev–Trinajstić information content (AvgIpc) is 2.72. The molecule has 0 saturated carbocycles. The highest BCUT2D eigenvalue weighted by atomic mass is 14.9. The van der Waals surface area contributed by atoms with Gasteiger partial charge >= 0.3 is 0 Å². The maximum Gasteiger partial charge on any atom is 0.0312 e. The second-order valence-electron chi connectivity index (χ2n) is 3.85. The van der Waals surface area contributed by atoms with Crippen LogP contribution in [0.5, 0.6) is 0 Å². The number of hydrogen-bond acceptors (Lipinski definition) is 3. The Balaban J connectivity index is 1.67. The van der Waals surface area contributed by atoms with E-state index < -0.39 is 0 Å². The summed E-state index contributed by atoms with van der Waals surface area (Å²) in [6, 6.07) is 4.08. The summed E-state index contributed by atoms with van der Waals surface area (Å²) in [6.07, 6.45) is 5.03. The minimum absolute atomic E-state index is 0.812. The normalized spacial score (nSPS) is 21.3. The van der Waals surface area contributed by atoms with Crippen molar-refractivity contribution in [2.75, 3.05) is 19.6 Å². The molecule has 1 aliphatic heterocycles. The standard InChI is InChI=1S/C11H17N3/c1-2-10(6-12-4-1)8-14-9-11-3-5-13-7-11/h1-2,4,6,11,13-14H,3,5,7-9H2/t11-/m1/s1. The topological polar surface area (TPSA) is 37.0 Å². The van der Waals surface area contributed by atoms with E-state index in [0.717, 1.165) is 19.0 Å². The van der Waals surface area contributed by atoms with Gasteiger partial charge in [-0.15, -0.1) is 0 Å². The first-order valence-corrected chi connectivity index (χ1v) is 5.25. The largest absolute Gasteiger partial charge is 0.316 e. The van der Waals surface area contributed by atoms with E-state index in [4.69, 9.17) is 0 Å². The van der Waals surface area contributed by atoms with E-state index in [1.54, 1.807) is 0 Å². The molecule has 14 heavy (non-hydrogen) atoms. The third-order valence-corrected chi connectivity index (χ3v) is 2.65. The molecule has 1 aliphatic rings. The van der Waals surface area contributed by atoms with Gasteiger partial charge in [-0.3, -0.25) is 4.98 Å². The zero-order valence-electron chi connectivity index (χ0n) is 8.37. The highest BCUT2D eigenvalue weighted by Crippen LogP contribution is 2.05. The van der Waals surface area contributed by atoms with Crippen molar-refractivity contribution >= 4 is 0 Å². The van der Waals surface area contributed by atoms with Crippen molar-refractivity contribution in [2.24, 2.45) is 5.92 Å². The van der Waals surface area contributed by atoms with Crippen molar-refractivity contribution in [3.8, 4) is 0 Å². The lowest BCUT2D eigenvalue weighted by molar-refractivity contribution is 0.512. The third-order valence-electron chi connectivity index (χ3n) is 2.65. The Hall–Kier alpha value is -0.930.